The summed E-state index contributed by atoms with van der Waals surface area (Å²) < 4.78 is 29.0. The zero-order valence-electron chi connectivity index (χ0n) is 9.24. The maximum atomic E-state index is 11.9. The Morgan fingerprint density at radius 2 is 1.82 bits per heavy atom. The van der Waals surface area contributed by atoms with Gasteiger partial charge in [0.1, 0.15) is 6.10 Å². The Bertz CT molecular complexity index is 559. The van der Waals surface area contributed by atoms with E-state index in [2.05, 4.69) is 0 Å². The monoisotopic (exact) mass is 268 g/mol. The van der Waals surface area contributed by atoms with Crippen molar-refractivity contribution in [1.29, 1.82) is 0 Å². The maximum absolute atomic E-state index is 11.9. The third kappa shape index (κ3) is 2.94. The largest absolute Gasteiger partial charge is 0.297 e. The molecule has 0 aliphatic rings. The number of hydrogen-bond acceptors (Lipinski definition) is 4. The molecule has 2 aromatic rings. The van der Waals surface area contributed by atoms with Crippen molar-refractivity contribution in [3.8, 4) is 0 Å². The molecule has 0 radical (unpaired) electrons. The van der Waals surface area contributed by atoms with E-state index in [-0.39, 0.29) is 4.90 Å². The minimum atomic E-state index is -3.68. The van der Waals surface area contributed by atoms with Gasteiger partial charge in [0.05, 0.1) is 4.90 Å². The molecule has 17 heavy (non-hydrogen) atoms. The van der Waals surface area contributed by atoms with Crippen LogP contribution in [0.1, 0.15) is 17.9 Å². The Morgan fingerprint density at radius 1 is 1.12 bits per heavy atom. The van der Waals surface area contributed by atoms with Crippen molar-refractivity contribution < 1.29 is 12.6 Å². The molecule has 1 aromatic heterocycles. The Kier molecular flexibility index (Phi) is 3.61. The van der Waals surface area contributed by atoms with Gasteiger partial charge in [0, 0.05) is 4.88 Å². The first-order chi connectivity index (χ1) is 8.09. The first kappa shape index (κ1) is 12.3. The molecule has 0 bridgehead atoms. The van der Waals surface area contributed by atoms with E-state index in [4.69, 9.17) is 4.18 Å². The summed E-state index contributed by atoms with van der Waals surface area (Å²) in [4.78, 5) is 1.08. The first-order valence-electron chi connectivity index (χ1n) is 5.11. The van der Waals surface area contributed by atoms with Gasteiger partial charge in [-0.3, -0.25) is 4.18 Å². The van der Waals surface area contributed by atoms with Gasteiger partial charge in [-0.05, 0) is 30.5 Å². The topological polar surface area (TPSA) is 43.4 Å². The fourth-order valence-corrected chi connectivity index (χ4v) is 3.26. The Morgan fingerprint density at radius 3 is 2.41 bits per heavy atom. The van der Waals surface area contributed by atoms with Crippen molar-refractivity contribution in [2.75, 3.05) is 0 Å². The average molecular weight is 268 g/mol. The zero-order valence-corrected chi connectivity index (χ0v) is 10.9. The normalized spacial score (nSPS) is 13.5. The van der Waals surface area contributed by atoms with Gasteiger partial charge in [-0.15, -0.1) is 11.3 Å². The molecule has 0 aliphatic heterocycles. The predicted octanol–water partition coefficient (Wildman–Crippen LogP) is 3.21. The number of thiophene rings is 1. The van der Waals surface area contributed by atoms with Gasteiger partial charge < -0.3 is 0 Å². The van der Waals surface area contributed by atoms with Gasteiger partial charge in [-0.1, -0.05) is 24.3 Å². The van der Waals surface area contributed by atoms with Crippen LogP contribution < -0.4 is 0 Å². The molecular formula is C12H12O3S2. The number of rotatable bonds is 4. The molecule has 0 fully saturated rings. The minimum absolute atomic E-state index is 0.184. The van der Waals surface area contributed by atoms with Crippen molar-refractivity contribution in [3.05, 3.63) is 52.7 Å². The molecule has 2 rings (SSSR count). The van der Waals surface area contributed by atoms with E-state index < -0.39 is 16.2 Å². The van der Waals surface area contributed by atoms with E-state index in [9.17, 15) is 8.42 Å². The van der Waals surface area contributed by atoms with Gasteiger partial charge >= 0.3 is 0 Å². The average Bonchev–Trinajstić information content (AvgIpc) is 2.83. The van der Waals surface area contributed by atoms with Crippen molar-refractivity contribution in [2.24, 2.45) is 0 Å². The zero-order chi connectivity index (χ0) is 12.3. The molecule has 0 saturated heterocycles. The van der Waals surface area contributed by atoms with Gasteiger partial charge in [-0.2, -0.15) is 8.42 Å². The summed E-state index contributed by atoms with van der Waals surface area (Å²) in [6.45, 7) is 1.73. The van der Waals surface area contributed by atoms with Crippen LogP contribution in [-0.4, -0.2) is 8.42 Å². The lowest BCUT2D eigenvalue weighted by Gasteiger charge is -2.11. The second kappa shape index (κ2) is 5.00. The lowest BCUT2D eigenvalue weighted by atomic mass is 10.3. The molecule has 0 saturated carbocycles. The second-order valence-corrected chi connectivity index (χ2v) is 6.07. The summed E-state index contributed by atoms with van der Waals surface area (Å²) in [7, 11) is -3.68. The molecule has 3 nitrogen and oxygen atoms in total. The molecule has 0 aliphatic carbocycles. The molecule has 0 amide bonds. The molecule has 1 unspecified atom stereocenters. The third-order valence-corrected chi connectivity index (χ3v) is 4.67. The van der Waals surface area contributed by atoms with E-state index in [1.807, 2.05) is 17.5 Å². The van der Waals surface area contributed by atoms with Crippen LogP contribution in [0.15, 0.2) is 52.7 Å². The predicted molar refractivity (Wildman–Crippen MR) is 67.4 cm³/mol. The Hall–Kier alpha value is -1.17. The summed E-state index contributed by atoms with van der Waals surface area (Å²) in [5, 5.41) is 1.89. The Balaban J connectivity index is 2.19. The molecule has 1 atom stereocenters. The van der Waals surface area contributed by atoms with Gasteiger partial charge in [0.15, 0.2) is 0 Å². The van der Waals surface area contributed by atoms with Gasteiger partial charge in [0.2, 0.25) is 0 Å². The van der Waals surface area contributed by atoms with Crippen LogP contribution in [0.3, 0.4) is 0 Å². The maximum Gasteiger partial charge on any atom is 0.297 e. The SMILES string of the molecule is CC(OS(=O)(=O)c1ccccc1)c1cccs1. The summed E-state index contributed by atoms with van der Waals surface area (Å²) in [6, 6.07) is 11.9. The van der Waals surface area contributed by atoms with E-state index in [0.717, 1.165) is 4.88 Å². The van der Waals surface area contributed by atoms with Crippen LogP contribution in [-0.2, 0) is 14.3 Å². The van der Waals surface area contributed by atoms with Gasteiger partial charge in [0.25, 0.3) is 10.1 Å². The highest BCUT2D eigenvalue weighted by Gasteiger charge is 2.20. The summed E-state index contributed by atoms with van der Waals surface area (Å²) in [6.07, 6.45) is -0.458. The second-order valence-electron chi connectivity index (χ2n) is 3.52. The molecule has 0 spiro atoms. The summed E-state index contributed by atoms with van der Waals surface area (Å²) in [5.41, 5.74) is 0. The Labute approximate surface area is 105 Å². The van der Waals surface area contributed by atoms with Crippen LogP contribution >= 0.6 is 11.3 Å². The van der Waals surface area contributed by atoms with E-state index in [1.165, 1.54) is 23.5 Å². The summed E-state index contributed by atoms with van der Waals surface area (Å²) in [5.74, 6) is 0. The highest BCUT2D eigenvalue weighted by atomic mass is 32.2. The molecule has 1 aromatic carbocycles. The van der Waals surface area contributed by atoms with Crippen LogP contribution in [0.2, 0.25) is 0 Å². The molecule has 0 N–H and O–H groups in total. The van der Waals surface area contributed by atoms with Crippen LogP contribution in [0.4, 0.5) is 0 Å². The van der Waals surface area contributed by atoms with Crippen molar-refractivity contribution in [1.82, 2.24) is 0 Å². The van der Waals surface area contributed by atoms with Crippen molar-refractivity contribution in [2.45, 2.75) is 17.9 Å². The van der Waals surface area contributed by atoms with E-state index >= 15 is 0 Å². The standard InChI is InChI=1S/C12H12O3S2/c1-10(12-8-5-9-16-12)15-17(13,14)11-6-3-2-4-7-11/h2-10H,1H3. The molecule has 1 heterocycles. The molecule has 5 heteroatoms. The van der Waals surface area contributed by atoms with E-state index in [0.29, 0.717) is 0 Å². The van der Waals surface area contributed by atoms with Gasteiger partial charge in [-0.25, -0.2) is 0 Å². The smallest absolute Gasteiger partial charge is 0.258 e. The van der Waals surface area contributed by atoms with E-state index in [1.54, 1.807) is 25.1 Å². The fourth-order valence-electron chi connectivity index (χ4n) is 1.40. The highest BCUT2D eigenvalue weighted by Crippen LogP contribution is 2.26. The van der Waals surface area contributed by atoms with Crippen LogP contribution in [0.5, 0.6) is 0 Å². The first-order valence-corrected chi connectivity index (χ1v) is 7.40. The fraction of sp³-hybridized carbons (Fsp3) is 0.167. The lowest BCUT2D eigenvalue weighted by molar-refractivity contribution is 0.238. The number of hydrogen-bond donors (Lipinski definition) is 0. The minimum Gasteiger partial charge on any atom is -0.258 e. The lowest BCUT2D eigenvalue weighted by Crippen LogP contribution is -2.09. The van der Waals surface area contributed by atoms with Crippen LogP contribution in [0, 0.1) is 0 Å². The third-order valence-electron chi connectivity index (χ3n) is 2.25. The quantitative estimate of drug-likeness (QED) is 0.800. The molecular weight excluding hydrogens is 256 g/mol. The highest BCUT2D eigenvalue weighted by molar-refractivity contribution is 7.86. The van der Waals surface area contributed by atoms with Crippen molar-refractivity contribution >= 4 is 21.5 Å². The molecule has 90 valence electrons. The van der Waals surface area contributed by atoms with Crippen LogP contribution in [0.25, 0.3) is 0 Å². The van der Waals surface area contributed by atoms with Crippen molar-refractivity contribution in [3.63, 3.8) is 0 Å². The number of benzene rings is 1. The summed E-state index contributed by atoms with van der Waals surface area (Å²) >= 11 is 1.48.